The summed E-state index contributed by atoms with van der Waals surface area (Å²) in [6.07, 6.45) is 2.45. The van der Waals surface area contributed by atoms with Gasteiger partial charge in [0, 0.05) is 12.1 Å². The highest BCUT2D eigenvalue weighted by Gasteiger charge is 2.07. The van der Waals surface area contributed by atoms with E-state index in [0.717, 1.165) is 24.6 Å². The summed E-state index contributed by atoms with van der Waals surface area (Å²) in [5.74, 6) is 1.80. The van der Waals surface area contributed by atoms with Crippen LogP contribution in [0.5, 0.6) is 11.5 Å². The van der Waals surface area contributed by atoms with Crippen LogP contribution in [0.1, 0.15) is 25.3 Å². The van der Waals surface area contributed by atoms with E-state index in [-0.39, 0.29) is 0 Å². The summed E-state index contributed by atoms with van der Waals surface area (Å²) < 4.78 is 10.6. The molecule has 0 saturated heterocycles. The van der Waals surface area contributed by atoms with E-state index < -0.39 is 0 Å². The fourth-order valence-corrected chi connectivity index (χ4v) is 1.80. The lowest BCUT2D eigenvalue weighted by Gasteiger charge is -2.18. The largest absolute Gasteiger partial charge is 0.497 e. The Hall–Kier alpha value is -1.22. The molecule has 0 aliphatic rings. The van der Waals surface area contributed by atoms with Crippen molar-refractivity contribution in [3.05, 3.63) is 23.8 Å². The lowest BCUT2D eigenvalue weighted by molar-refractivity contribution is 0.311. The minimum Gasteiger partial charge on any atom is -0.497 e. The van der Waals surface area contributed by atoms with Crippen LogP contribution in [0, 0.1) is 0 Å². The van der Waals surface area contributed by atoms with Crippen molar-refractivity contribution in [2.45, 2.75) is 26.3 Å². The predicted molar refractivity (Wildman–Crippen MR) is 70.8 cm³/mol. The third-order valence-electron chi connectivity index (χ3n) is 2.82. The van der Waals surface area contributed by atoms with Gasteiger partial charge in [-0.1, -0.05) is 13.3 Å². The van der Waals surface area contributed by atoms with Crippen molar-refractivity contribution in [3.8, 4) is 11.5 Å². The predicted octanol–water partition coefficient (Wildman–Crippen LogP) is 2.94. The molecule has 1 aromatic rings. The van der Waals surface area contributed by atoms with Crippen LogP contribution < -0.4 is 9.47 Å². The van der Waals surface area contributed by atoms with Crippen LogP contribution >= 0.6 is 0 Å². The first-order valence-electron chi connectivity index (χ1n) is 6.10. The molecule has 0 atom stereocenters. The summed E-state index contributed by atoms with van der Waals surface area (Å²) in [6, 6.07) is 5.93. The number of benzene rings is 1. The van der Waals surface area contributed by atoms with Crippen molar-refractivity contribution in [1.29, 1.82) is 0 Å². The molecule has 96 valence electrons. The minimum absolute atomic E-state index is 0.879. The quantitative estimate of drug-likeness (QED) is 0.728. The van der Waals surface area contributed by atoms with Crippen LogP contribution in [0.2, 0.25) is 0 Å². The Labute approximate surface area is 104 Å². The number of methoxy groups -OCH3 is 2. The molecule has 0 amide bonds. The van der Waals surface area contributed by atoms with Crippen LogP contribution in [-0.2, 0) is 6.54 Å². The number of unbranched alkanes of at least 4 members (excludes halogenated alkanes) is 1. The van der Waals surface area contributed by atoms with Crippen molar-refractivity contribution in [2.75, 3.05) is 27.8 Å². The monoisotopic (exact) mass is 237 g/mol. The molecule has 0 bridgehead atoms. The van der Waals surface area contributed by atoms with Gasteiger partial charge in [0.15, 0.2) is 0 Å². The molecule has 0 heterocycles. The summed E-state index contributed by atoms with van der Waals surface area (Å²) >= 11 is 0. The summed E-state index contributed by atoms with van der Waals surface area (Å²) in [7, 11) is 5.53. The summed E-state index contributed by atoms with van der Waals surface area (Å²) in [4.78, 5) is 2.31. The van der Waals surface area contributed by atoms with Crippen LogP contribution in [-0.4, -0.2) is 32.7 Å². The van der Waals surface area contributed by atoms with Gasteiger partial charge >= 0.3 is 0 Å². The number of hydrogen-bond acceptors (Lipinski definition) is 3. The van der Waals surface area contributed by atoms with E-state index in [1.165, 1.54) is 18.4 Å². The molecule has 0 spiro atoms. The van der Waals surface area contributed by atoms with Crippen LogP contribution in [0.4, 0.5) is 0 Å². The summed E-state index contributed by atoms with van der Waals surface area (Å²) in [5.41, 5.74) is 1.17. The molecule has 0 aliphatic heterocycles. The molecule has 0 aliphatic carbocycles. The number of rotatable bonds is 7. The highest BCUT2D eigenvalue weighted by molar-refractivity contribution is 5.40. The Bertz CT molecular complexity index is 339. The van der Waals surface area contributed by atoms with Gasteiger partial charge in [0.2, 0.25) is 0 Å². The molecule has 1 aromatic carbocycles. The third kappa shape index (κ3) is 4.27. The SMILES string of the molecule is CCCCN(C)Cc1cc(OC)ccc1OC. The van der Waals surface area contributed by atoms with Crippen molar-refractivity contribution < 1.29 is 9.47 Å². The van der Waals surface area contributed by atoms with Crippen molar-refractivity contribution >= 4 is 0 Å². The molecular weight excluding hydrogens is 214 g/mol. The Balaban J connectivity index is 2.72. The Kier molecular flexibility index (Phi) is 5.84. The van der Waals surface area contributed by atoms with Crippen molar-refractivity contribution in [1.82, 2.24) is 4.90 Å². The van der Waals surface area contributed by atoms with E-state index in [4.69, 9.17) is 9.47 Å². The average molecular weight is 237 g/mol. The maximum atomic E-state index is 5.37. The molecule has 0 radical (unpaired) electrons. The first-order chi connectivity index (χ1) is 8.21. The lowest BCUT2D eigenvalue weighted by atomic mass is 10.1. The van der Waals surface area contributed by atoms with Gasteiger partial charge in [-0.2, -0.15) is 0 Å². The van der Waals surface area contributed by atoms with Gasteiger partial charge in [-0.25, -0.2) is 0 Å². The van der Waals surface area contributed by atoms with Crippen LogP contribution in [0.3, 0.4) is 0 Å². The average Bonchev–Trinajstić information content (AvgIpc) is 2.36. The van der Waals surface area contributed by atoms with Crippen molar-refractivity contribution in [3.63, 3.8) is 0 Å². The van der Waals surface area contributed by atoms with Gasteiger partial charge in [-0.05, 0) is 38.2 Å². The van der Waals surface area contributed by atoms with Crippen molar-refractivity contribution in [2.24, 2.45) is 0 Å². The molecule has 17 heavy (non-hydrogen) atoms. The highest BCUT2D eigenvalue weighted by atomic mass is 16.5. The molecule has 0 unspecified atom stereocenters. The molecule has 3 heteroatoms. The molecule has 3 nitrogen and oxygen atoms in total. The maximum absolute atomic E-state index is 5.37. The van der Waals surface area contributed by atoms with Gasteiger partial charge in [-0.3, -0.25) is 0 Å². The van der Waals surface area contributed by atoms with Gasteiger partial charge in [0.25, 0.3) is 0 Å². The molecule has 0 fully saturated rings. The second kappa shape index (κ2) is 7.17. The first-order valence-corrected chi connectivity index (χ1v) is 6.10. The molecule has 1 rings (SSSR count). The molecule has 0 N–H and O–H groups in total. The van der Waals surface area contributed by atoms with E-state index in [1.807, 2.05) is 18.2 Å². The summed E-state index contributed by atoms with van der Waals surface area (Å²) in [5, 5.41) is 0. The number of nitrogens with zero attached hydrogens (tertiary/aromatic N) is 1. The fourth-order valence-electron chi connectivity index (χ4n) is 1.80. The number of ether oxygens (including phenoxy) is 2. The van der Waals surface area contributed by atoms with Gasteiger partial charge in [-0.15, -0.1) is 0 Å². The smallest absolute Gasteiger partial charge is 0.123 e. The normalized spacial score (nSPS) is 10.6. The zero-order chi connectivity index (χ0) is 12.7. The second-order valence-corrected chi connectivity index (χ2v) is 4.27. The standard InChI is InChI=1S/C14H23NO2/c1-5-6-9-15(2)11-12-10-13(16-3)7-8-14(12)17-4/h7-8,10H,5-6,9,11H2,1-4H3. The Morgan fingerprint density at radius 2 is 1.94 bits per heavy atom. The number of hydrogen-bond donors (Lipinski definition) is 0. The Morgan fingerprint density at radius 1 is 1.18 bits per heavy atom. The highest BCUT2D eigenvalue weighted by Crippen LogP contribution is 2.24. The zero-order valence-electron chi connectivity index (χ0n) is 11.3. The topological polar surface area (TPSA) is 21.7 Å². The second-order valence-electron chi connectivity index (χ2n) is 4.27. The molecular formula is C14H23NO2. The third-order valence-corrected chi connectivity index (χ3v) is 2.82. The van der Waals surface area contributed by atoms with E-state index in [1.54, 1.807) is 14.2 Å². The van der Waals surface area contributed by atoms with Crippen LogP contribution in [0.25, 0.3) is 0 Å². The van der Waals surface area contributed by atoms with Gasteiger partial charge < -0.3 is 14.4 Å². The fraction of sp³-hybridized carbons (Fsp3) is 0.571. The summed E-state index contributed by atoms with van der Waals surface area (Å²) in [6.45, 7) is 4.21. The lowest BCUT2D eigenvalue weighted by Crippen LogP contribution is -2.19. The Morgan fingerprint density at radius 3 is 2.53 bits per heavy atom. The van der Waals surface area contributed by atoms with Crippen LogP contribution in [0.15, 0.2) is 18.2 Å². The zero-order valence-corrected chi connectivity index (χ0v) is 11.3. The molecule has 0 saturated carbocycles. The van der Waals surface area contributed by atoms with E-state index in [9.17, 15) is 0 Å². The molecule has 0 aromatic heterocycles. The minimum atomic E-state index is 0.879. The van der Waals surface area contributed by atoms with E-state index in [0.29, 0.717) is 0 Å². The van der Waals surface area contributed by atoms with E-state index in [2.05, 4.69) is 18.9 Å². The van der Waals surface area contributed by atoms with Gasteiger partial charge in [0.05, 0.1) is 14.2 Å². The first kappa shape index (κ1) is 13.8. The maximum Gasteiger partial charge on any atom is 0.123 e. The van der Waals surface area contributed by atoms with Gasteiger partial charge in [0.1, 0.15) is 11.5 Å². The van der Waals surface area contributed by atoms with E-state index >= 15 is 0 Å².